The van der Waals surface area contributed by atoms with Gasteiger partial charge in [-0.1, -0.05) is 20.8 Å². The Labute approximate surface area is 98.9 Å². The van der Waals surface area contributed by atoms with Crippen LogP contribution < -0.4 is 11.1 Å². The minimum atomic E-state index is -0.396. The van der Waals surface area contributed by atoms with Crippen LogP contribution in [0.15, 0.2) is 0 Å². The van der Waals surface area contributed by atoms with Crippen LogP contribution in [0.4, 0.5) is 0 Å². The molecule has 0 aromatic rings. The molecule has 0 aromatic carbocycles. The molecule has 0 rings (SSSR count). The summed E-state index contributed by atoms with van der Waals surface area (Å²) < 4.78 is 5.02. The summed E-state index contributed by atoms with van der Waals surface area (Å²) in [5.41, 5.74) is 5.31. The van der Waals surface area contributed by atoms with Gasteiger partial charge in [0.15, 0.2) is 0 Å². The van der Waals surface area contributed by atoms with E-state index in [4.69, 9.17) is 10.5 Å². The lowest BCUT2D eigenvalue weighted by Gasteiger charge is -2.29. The minimum Gasteiger partial charge on any atom is -0.384 e. The third kappa shape index (κ3) is 4.10. The molecule has 96 valence electrons. The van der Waals surface area contributed by atoms with Crippen molar-refractivity contribution in [2.45, 2.75) is 33.6 Å². The topological polar surface area (TPSA) is 64.4 Å². The molecule has 0 radical (unpaired) electrons. The molecule has 0 saturated carbocycles. The highest BCUT2D eigenvalue weighted by Crippen LogP contribution is 2.24. The minimum absolute atomic E-state index is 0.0722. The first kappa shape index (κ1) is 15.4. The zero-order chi connectivity index (χ0) is 12.6. The fourth-order valence-corrected chi connectivity index (χ4v) is 1.75. The standard InChI is InChI=1S/C12H26N2O2/c1-5-12(6-2,9-13)11(15)14-7-10(3)8-16-4/h10H,5-9,13H2,1-4H3,(H,14,15). The number of nitrogens with one attached hydrogen (secondary N) is 1. The molecule has 0 aliphatic heterocycles. The van der Waals surface area contributed by atoms with Gasteiger partial charge in [0.1, 0.15) is 0 Å². The van der Waals surface area contributed by atoms with Crippen LogP contribution in [-0.2, 0) is 9.53 Å². The van der Waals surface area contributed by atoms with E-state index in [1.807, 2.05) is 20.8 Å². The molecule has 0 aliphatic carbocycles. The summed E-state index contributed by atoms with van der Waals surface area (Å²) in [5, 5.41) is 2.96. The number of carbonyl (C=O) groups is 1. The van der Waals surface area contributed by atoms with Gasteiger partial charge in [-0.2, -0.15) is 0 Å². The van der Waals surface area contributed by atoms with Crippen LogP contribution in [0, 0.1) is 11.3 Å². The van der Waals surface area contributed by atoms with Crippen molar-refractivity contribution in [3.63, 3.8) is 0 Å². The van der Waals surface area contributed by atoms with Gasteiger partial charge in [0, 0.05) is 20.2 Å². The van der Waals surface area contributed by atoms with Crippen LogP contribution in [0.25, 0.3) is 0 Å². The maximum Gasteiger partial charge on any atom is 0.227 e. The number of amides is 1. The van der Waals surface area contributed by atoms with Crippen LogP contribution in [0.5, 0.6) is 0 Å². The Morgan fingerprint density at radius 3 is 2.38 bits per heavy atom. The van der Waals surface area contributed by atoms with E-state index in [1.54, 1.807) is 7.11 Å². The number of methoxy groups -OCH3 is 1. The van der Waals surface area contributed by atoms with Gasteiger partial charge in [-0.25, -0.2) is 0 Å². The Kier molecular flexibility index (Phi) is 7.34. The summed E-state index contributed by atoms with van der Waals surface area (Å²) in [6, 6.07) is 0. The molecule has 0 heterocycles. The molecule has 4 nitrogen and oxygen atoms in total. The fourth-order valence-electron chi connectivity index (χ4n) is 1.75. The van der Waals surface area contributed by atoms with E-state index in [9.17, 15) is 4.79 Å². The highest BCUT2D eigenvalue weighted by Gasteiger charge is 2.33. The number of hydrogen-bond acceptors (Lipinski definition) is 3. The number of hydrogen-bond donors (Lipinski definition) is 2. The average Bonchev–Trinajstić information content (AvgIpc) is 2.30. The van der Waals surface area contributed by atoms with E-state index in [2.05, 4.69) is 5.32 Å². The molecule has 1 atom stereocenters. The lowest BCUT2D eigenvalue weighted by Crippen LogP contribution is -2.46. The second-order valence-corrected chi connectivity index (χ2v) is 4.46. The van der Waals surface area contributed by atoms with Crippen molar-refractivity contribution >= 4 is 5.91 Å². The Bertz CT molecular complexity index is 195. The first-order valence-corrected chi connectivity index (χ1v) is 6.03. The van der Waals surface area contributed by atoms with E-state index >= 15 is 0 Å². The third-order valence-electron chi connectivity index (χ3n) is 3.29. The molecule has 0 aromatic heterocycles. The van der Waals surface area contributed by atoms with Gasteiger partial charge in [-0.3, -0.25) is 4.79 Å². The van der Waals surface area contributed by atoms with Gasteiger partial charge < -0.3 is 15.8 Å². The van der Waals surface area contributed by atoms with Gasteiger partial charge in [-0.05, 0) is 18.8 Å². The SMILES string of the molecule is CCC(CC)(CN)C(=O)NCC(C)COC. The molecule has 0 aliphatic rings. The zero-order valence-electron chi connectivity index (χ0n) is 11.0. The van der Waals surface area contributed by atoms with Crippen LogP contribution >= 0.6 is 0 Å². The Morgan fingerprint density at radius 2 is 2.00 bits per heavy atom. The van der Waals surface area contributed by atoms with Gasteiger partial charge in [0.25, 0.3) is 0 Å². The highest BCUT2D eigenvalue weighted by atomic mass is 16.5. The highest BCUT2D eigenvalue weighted by molar-refractivity contribution is 5.82. The van der Waals surface area contributed by atoms with Crippen molar-refractivity contribution in [1.82, 2.24) is 5.32 Å². The summed E-state index contributed by atoms with van der Waals surface area (Å²) in [5.74, 6) is 0.404. The number of carbonyl (C=O) groups excluding carboxylic acids is 1. The van der Waals surface area contributed by atoms with Gasteiger partial charge in [0.2, 0.25) is 5.91 Å². The molecule has 3 N–H and O–H groups in total. The molecular weight excluding hydrogens is 204 g/mol. The molecule has 0 spiro atoms. The molecule has 16 heavy (non-hydrogen) atoms. The molecule has 1 unspecified atom stereocenters. The normalized spacial score (nSPS) is 13.6. The van der Waals surface area contributed by atoms with Crippen molar-refractivity contribution in [3.8, 4) is 0 Å². The van der Waals surface area contributed by atoms with Crippen molar-refractivity contribution in [2.24, 2.45) is 17.1 Å². The second kappa shape index (κ2) is 7.63. The number of ether oxygens (including phenoxy) is 1. The first-order chi connectivity index (χ1) is 7.56. The van der Waals surface area contributed by atoms with Crippen molar-refractivity contribution in [1.29, 1.82) is 0 Å². The average molecular weight is 230 g/mol. The van der Waals surface area contributed by atoms with Crippen molar-refractivity contribution < 1.29 is 9.53 Å². The molecule has 4 heteroatoms. The molecule has 1 amide bonds. The molecular formula is C12H26N2O2. The third-order valence-corrected chi connectivity index (χ3v) is 3.29. The maximum absolute atomic E-state index is 12.0. The summed E-state index contributed by atoms with van der Waals surface area (Å²) in [4.78, 5) is 12.0. The van der Waals surface area contributed by atoms with E-state index < -0.39 is 5.41 Å². The molecule has 0 bridgehead atoms. The van der Waals surface area contributed by atoms with Crippen LogP contribution in [-0.4, -0.2) is 32.7 Å². The Hall–Kier alpha value is -0.610. The van der Waals surface area contributed by atoms with Crippen LogP contribution in [0.2, 0.25) is 0 Å². The van der Waals surface area contributed by atoms with Gasteiger partial charge in [0.05, 0.1) is 12.0 Å². The largest absolute Gasteiger partial charge is 0.384 e. The van der Waals surface area contributed by atoms with Crippen molar-refractivity contribution in [3.05, 3.63) is 0 Å². The van der Waals surface area contributed by atoms with Crippen molar-refractivity contribution in [2.75, 3.05) is 26.8 Å². The van der Waals surface area contributed by atoms with Crippen LogP contribution in [0.1, 0.15) is 33.6 Å². The predicted octanol–water partition coefficient (Wildman–Crippen LogP) is 1.15. The number of nitrogens with two attached hydrogens (primary N) is 1. The van der Waals surface area contributed by atoms with E-state index in [1.165, 1.54) is 0 Å². The van der Waals surface area contributed by atoms with Crippen LogP contribution in [0.3, 0.4) is 0 Å². The van der Waals surface area contributed by atoms with E-state index in [0.29, 0.717) is 25.6 Å². The fraction of sp³-hybridized carbons (Fsp3) is 0.917. The molecule has 0 fully saturated rings. The number of rotatable bonds is 8. The van der Waals surface area contributed by atoms with Gasteiger partial charge in [-0.15, -0.1) is 0 Å². The summed E-state index contributed by atoms with van der Waals surface area (Å²) in [6.07, 6.45) is 1.56. The quantitative estimate of drug-likeness (QED) is 0.657. The van der Waals surface area contributed by atoms with E-state index in [-0.39, 0.29) is 5.91 Å². The Morgan fingerprint density at radius 1 is 1.44 bits per heavy atom. The summed E-state index contributed by atoms with van der Waals surface area (Å²) in [7, 11) is 1.67. The Balaban J connectivity index is 4.21. The lowest BCUT2D eigenvalue weighted by atomic mass is 9.81. The first-order valence-electron chi connectivity index (χ1n) is 6.03. The monoisotopic (exact) mass is 230 g/mol. The second-order valence-electron chi connectivity index (χ2n) is 4.46. The predicted molar refractivity (Wildman–Crippen MR) is 66.1 cm³/mol. The maximum atomic E-state index is 12.0. The lowest BCUT2D eigenvalue weighted by molar-refractivity contribution is -0.131. The smallest absolute Gasteiger partial charge is 0.227 e. The zero-order valence-corrected chi connectivity index (χ0v) is 11.0. The van der Waals surface area contributed by atoms with Gasteiger partial charge >= 0.3 is 0 Å². The van der Waals surface area contributed by atoms with E-state index in [0.717, 1.165) is 12.8 Å². The molecule has 0 saturated heterocycles. The summed E-state index contributed by atoms with van der Waals surface area (Å²) in [6.45, 7) is 7.78. The summed E-state index contributed by atoms with van der Waals surface area (Å²) >= 11 is 0.